The van der Waals surface area contributed by atoms with Crippen LogP contribution in [-0.2, 0) is 21.0 Å². The van der Waals surface area contributed by atoms with Crippen LogP contribution < -0.4 is 10.8 Å². The Labute approximate surface area is 163 Å². The molecule has 2 rings (SSSR count). The van der Waals surface area contributed by atoms with E-state index in [0.29, 0.717) is 11.9 Å². The molecule has 146 valence electrons. The molecule has 0 aliphatic rings. The molecule has 8 nitrogen and oxygen atoms in total. The molecule has 0 radical (unpaired) electrons. The van der Waals surface area contributed by atoms with Gasteiger partial charge < -0.3 is 14.8 Å². The second-order valence-corrected chi connectivity index (χ2v) is 8.07. The van der Waals surface area contributed by atoms with Gasteiger partial charge in [-0.25, -0.2) is 18.1 Å². The number of carbonyl (C=O) groups excluding carboxylic acids is 1. The molecule has 0 atom stereocenters. The predicted molar refractivity (Wildman–Crippen MR) is 105 cm³/mol. The lowest BCUT2D eigenvalue weighted by molar-refractivity contribution is 0.163. The number of rotatable bonds is 7. The van der Waals surface area contributed by atoms with Gasteiger partial charge in [0.2, 0.25) is 5.69 Å². The molecule has 0 bridgehead atoms. The van der Waals surface area contributed by atoms with Crippen LogP contribution >= 0.6 is 0 Å². The lowest BCUT2D eigenvalue weighted by Crippen LogP contribution is -2.29. The standard InChI is InChI=1S/C18H19BN2O6S/c1-3-28(25,26)17-9-8-15(12-16(17)20-2)21-18(22)27-11-10-13-4-6-14(7-5-13)19(23)24/h4-9,12,23-24H,3,10-11H2,1H3,(H,21,22). The topological polar surface area (TPSA) is 117 Å². The Morgan fingerprint density at radius 3 is 2.46 bits per heavy atom. The maximum atomic E-state index is 12.0. The molecule has 0 heterocycles. The number of ether oxygens (including phenoxy) is 1. The van der Waals surface area contributed by atoms with Crippen molar-refractivity contribution in [1.82, 2.24) is 0 Å². The number of nitrogens with one attached hydrogen (secondary N) is 1. The minimum absolute atomic E-state index is 0.0641. The van der Waals surface area contributed by atoms with Crippen LogP contribution in [0.25, 0.3) is 4.85 Å². The highest BCUT2D eigenvalue weighted by Crippen LogP contribution is 2.28. The Morgan fingerprint density at radius 1 is 1.21 bits per heavy atom. The summed E-state index contributed by atoms with van der Waals surface area (Å²) in [4.78, 5) is 15.0. The zero-order valence-electron chi connectivity index (χ0n) is 15.1. The Hall–Kier alpha value is -2.87. The van der Waals surface area contributed by atoms with Crippen LogP contribution in [0.5, 0.6) is 0 Å². The highest BCUT2D eigenvalue weighted by atomic mass is 32.2. The van der Waals surface area contributed by atoms with E-state index in [-0.39, 0.29) is 28.6 Å². The van der Waals surface area contributed by atoms with Crippen molar-refractivity contribution < 1.29 is 28.0 Å². The van der Waals surface area contributed by atoms with Crippen LogP contribution in [0.15, 0.2) is 47.4 Å². The summed E-state index contributed by atoms with van der Waals surface area (Å²) in [5, 5.41) is 20.5. The zero-order chi connectivity index (χ0) is 20.7. The third-order valence-electron chi connectivity index (χ3n) is 3.94. The van der Waals surface area contributed by atoms with Gasteiger partial charge in [0.15, 0.2) is 9.84 Å². The molecule has 3 N–H and O–H groups in total. The molecule has 28 heavy (non-hydrogen) atoms. The molecule has 1 amide bonds. The van der Waals surface area contributed by atoms with E-state index in [1.54, 1.807) is 24.3 Å². The van der Waals surface area contributed by atoms with Crippen molar-refractivity contribution in [2.24, 2.45) is 0 Å². The van der Waals surface area contributed by atoms with Gasteiger partial charge in [0.25, 0.3) is 0 Å². The quantitative estimate of drug-likeness (QED) is 0.477. The second kappa shape index (κ2) is 9.37. The Kier molecular flexibility index (Phi) is 7.17. The van der Waals surface area contributed by atoms with Gasteiger partial charge in [-0.15, -0.1) is 0 Å². The monoisotopic (exact) mass is 402 g/mol. The maximum Gasteiger partial charge on any atom is 0.488 e. The fraction of sp³-hybridized carbons (Fsp3) is 0.222. The molecule has 2 aromatic rings. The van der Waals surface area contributed by atoms with Crippen molar-refractivity contribution in [2.75, 3.05) is 17.7 Å². The fourth-order valence-electron chi connectivity index (χ4n) is 2.37. The van der Waals surface area contributed by atoms with Crippen LogP contribution in [0.1, 0.15) is 12.5 Å². The largest absolute Gasteiger partial charge is 0.488 e. The van der Waals surface area contributed by atoms with E-state index in [1.165, 1.54) is 25.1 Å². The van der Waals surface area contributed by atoms with Crippen molar-refractivity contribution in [2.45, 2.75) is 18.2 Å². The predicted octanol–water partition coefficient (Wildman–Crippen LogP) is 1.50. The summed E-state index contributed by atoms with van der Waals surface area (Å²) in [6.07, 6.45) is -0.305. The van der Waals surface area contributed by atoms with E-state index in [1.807, 2.05) is 0 Å². The van der Waals surface area contributed by atoms with Gasteiger partial charge in [0.1, 0.15) is 0 Å². The van der Waals surface area contributed by atoms with E-state index >= 15 is 0 Å². The Morgan fingerprint density at radius 2 is 1.89 bits per heavy atom. The summed E-state index contributed by atoms with van der Waals surface area (Å²) in [5.41, 5.74) is 1.41. The Balaban J connectivity index is 1.93. The third-order valence-corrected chi connectivity index (χ3v) is 5.72. The third kappa shape index (κ3) is 5.56. The average molecular weight is 402 g/mol. The summed E-state index contributed by atoms with van der Waals surface area (Å²) < 4.78 is 29.0. The van der Waals surface area contributed by atoms with Gasteiger partial charge >= 0.3 is 13.2 Å². The smallest absolute Gasteiger partial charge is 0.449 e. The molecule has 0 aliphatic heterocycles. The summed E-state index contributed by atoms with van der Waals surface area (Å²) in [5.74, 6) is -0.122. The van der Waals surface area contributed by atoms with E-state index in [9.17, 15) is 13.2 Å². The zero-order valence-corrected chi connectivity index (χ0v) is 15.9. The van der Waals surface area contributed by atoms with Crippen LogP contribution in [0.2, 0.25) is 0 Å². The van der Waals surface area contributed by atoms with Gasteiger partial charge in [-0.05, 0) is 23.2 Å². The highest BCUT2D eigenvalue weighted by Gasteiger charge is 2.17. The average Bonchev–Trinajstić information content (AvgIpc) is 2.68. The van der Waals surface area contributed by atoms with Gasteiger partial charge in [0.05, 0.1) is 23.8 Å². The van der Waals surface area contributed by atoms with Crippen molar-refractivity contribution in [3.8, 4) is 0 Å². The first kappa shape index (κ1) is 21.4. The van der Waals surface area contributed by atoms with E-state index in [0.717, 1.165) is 5.56 Å². The molecule has 0 aliphatic carbocycles. The van der Waals surface area contributed by atoms with Crippen LogP contribution in [-0.4, -0.2) is 44.0 Å². The first-order valence-corrected chi connectivity index (χ1v) is 10.0. The molecule has 0 saturated carbocycles. The highest BCUT2D eigenvalue weighted by molar-refractivity contribution is 7.91. The molecule has 10 heteroatoms. The van der Waals surface area contributed by atoms with E-state index < -0.39 is 23.0 Å². The molecular weight excluding hydrogens is 383 g/mol. The summed E-state index contributed by atoms with van der Waals surface area (Å²) in [6.45, 7) is 8.73. The number of carbonyl (C=O) groups is 1. The van der Waals surface area contributed by atoms with E-state index in [2.05, 4.69) is 10.2 Å². The Bertz CT molecular complexity index is 984. The van der Waals surface area contributed by atoms with Crippen molar-refractivity contribution in [1.29, 1.82) is 0 Å². The van der Waals surface area contributed by atoms with Crippen LogP contribution in [0.3, 0.4) is 0 Å². The van der Waals surface area contributed by atoms with Crippen molar-refractivity contribution >= 4 is 39.9 Å². The first-order valence-electron chi connectivity index (χ1n) is 8.40. The maximum absolute atomic E-state index is 12.0. The van der Waals surface area contributed by atoms with Crippen molar-refractivity contribution in [3.63, 3.8) is 0 Å². The van der Waals surface area contributed by atoms with Gasteiger partial charge in [0, 0.05) is 12.1 Å². The number of anilines is 1. The minimum atomic E-state index is -3.53. The number of sulfone groups is 1. The van der Waals surface area contributed by atoms with Crippen LogP contribution in [0, 0.1) is 6.57 Å². The number of benzene rings is 2. The molecule has 0 unspecified atom stereocenters. The number of hydrogen-bond donors (Lipinski definition) is 3. The molecule has 0 spiro atoms. The summed E-state index contributed by atoms with van der Waals surface area (Å²) in [7, 11) is -5.06. The number of nitrogens with zero attached hydrogens (tertiary/aromatic N) is 1. The summed E-state index contributed by atoms with van der Waals surface area (Å²) in [6, 6.07) is 10.5. The van der Waals surface area contributed by atoms with E-state index in [4.69, 9.17) is 21.4 Å². The first-order chi connectivity index (χ1) is 13.3. The van der Waals surface area contributed by atoms with Gasteiger partial charge in [-0.1, -0.05) is 37.3 Å². The SMILES string of the molecule is [C-]#[N+]c1cc(NC(=O)OCCc2ccc(B(O)O)cc2)ccc1S(=O)(=O)CC. The molecule has 0 fully saturated rings. The van der Waals surface area contributed by atoms with Gasteiger partial charge in [-0.2, -0.15) is 0 Å². The molecule has 0 saturated heterocycles. The fourth-order valence-corrected chi connectivity index (χ4v) is 3.38. The number of amides is 1. The second-order valence-electron chi connectivity index (χ2n) is 5.82. The minimum Gasteiger partial charge on any atom is -0.449 e. The molecule has 0 aromatic heterocycles. The van der Waals surface area contributed by atoms with Gasteiger partial charge in [-0.3, -0.25) is 5.32 Å². The number of hydrogen-bond acceptors (Lipinski definition) is 6. The lowest BCUT2D eigenvalue weighted by Gasteiger charge is -2.10. The summed E-state index contributed by atoms with van der Waals surface area (Å²) >= 11 is 0. The lowest BCUT2D eigenvalue weighted by atomic mass is 9.80. The van der Waals surface area contributed by atoms with Crippen LogP contribution in [0.4, 0.5) is 16.2 Å². The molecular formula is C18H19BN2O6S. The van der Waals surface area contributed by atoms with Crippen molar-refractivity contribution in [3.05, 3.63) is 59.4 Å². The molecule has 2 aromatic carbocycles. The normalized spacial score (nSPS) is 10.8.